The molecule has 0 amide bonds. The number of hydrogen-bond acceptors (Lipinski definition) is 4. The van der Waals surface area contributed by atoms with E-state index in [-0.39, 0.29) is 5.75 Å². The van der Waals surface area contributed by atoms with Gasteiger partial charge in [-0.15, -0.1) is 11.3 Å². The highest BCUT2D eigenvalue weighted by atomic mass is 35.5. The van der Waals surface area contributed by atoms with Crippen molar-refractivity contribution in [3.8, 4) is 0 Å². The SMILES string of the molecule is O=S1(=O)CCCCC1C(O)c1sccc1Cl. The van der Waals surface area contributed by atoms with Gasteiger partial charge in [0.15, 0.2) is 9.84 Å². The zero-order chi connectivity index (χ0) is 11.8. The van der Waals surface area contributed by atoms with E-state index >= 15 is 0 Å². The third-order valence-electron chi connectivity index (χ3n) is 2.89. The third kappa shape index (κ3) is 2.27. The van der Waals surface area contributed by atoms with Gasteiger partial charge < -0.3 is 5.11 Å². The lowest BCUT2D eigenvalue weighted by atomic mass is 10.1. The van der Waals surface area contributed by atoms with E-state index in [0.717, 1.165) is 6.42 Å². The van der Waals surface area contributed by atoms with Crippen LogP contribution in [0.4, 0.5) is 0 Å². The molecule has 1 N–H and O–H groups in total. The monoisotopic (exact) mass is 280 g/mol. The van der Waals surface area contributed by atoms with Crippen LogP contribution in [0.3, 0.4) is 0 Å². The van der Waals surface area contributed by atoms with Gasteiger partial charge in [-0.25, -0.2) is 8.42 Å². The van der Waals surface area contributed by atoms with E-state index in [2.05, 4.69) is 0 Å². The van der Waals surface area contributed by atoms with Crippen molar-refractivity contribution in [3.63, 3.8) is 0 Å². The van der Waals surface area contributed by atoms with Crippen LogP contribution in [-0.4, -0.2) is 24.5 Å². The maximum atomic E-state index is 11.8. The number of halogens is 1. The first-order chi connectivity index (χ1) is 7.52. The summed E-state index contributed by atoms with van der Waals surface area (Å²) in [6.07, 6.45) is 1.10. The molecular formula is C10H13ClO3S2. The zero-order valence-corrected chi connectivity index (χ0v) is 11.0. The molecule has 2 unspecified atom stereocenters. The van der Waals surface area contributed by atoms with Gasteiger partial charge in [0.2, 0.25) is 0 Å². The fourth-order valence-electron chi connectivity index (χ4n) is 2.02. The van der Waals surface area contributed by atoms with Crippen LogP contribution in [0.15, 0.2) is 11.4 Å². The zero-order valence-electron chi connectivity index (χ0n) is 8.60. The molecule has 0 radical (unpaired) electrons. The summed E-state index contributed by atoms with van der Waals surface area (Å²) >= 11 is 7.21. The van der Waals surface area contributed by atoms with Gasteiger partial charge in [0.1, 0.15) is 6.10 Å². The Bertz CT molecular complexity index is 466. The van der Waals surface area contributed by atoms with E-state index in [1.807, 2.05) is 0 Å². The van der Waals surface area contributed by atoms with Crippen LogP contribution >= 0.6 is 22.9 Å². The molecule has 0 saturated carbocycles. The Morgan fingerprint density at radius 1 is 1.50 bits per heavy atom. The Kier molecular flexibility index (Phi) is 3.59. The van der Waals surface area contributed by atoms with Crippen molar-refractivity contribution in [2.24, 2.45) is 0 Å². The Morgan fingerprint density at radius 2 is 2.25 bits per heavy atom. The molecule has 0 bridgehead atoms. The molecule has 16 heavy (non-hydrogen) atoms. The fraction of sp³-hybridized carbons (Fsp3) is 0.600. The molecular weight excluding hydrogens is 268 g/mol. The number of rotatable bonds is 2. The van der Waals surface area contributed by atoms with Crippen LogP contribution in [0.1, 0.15) is 30.2 Å². The number of hydrogen-bond donors (Lipinski definition) is 1. The van der Waals surface area contributed by atoms with Crippen LogP contribution in [0.2, 0.25) is 5.02 Å². The topological polar surface area (TPSA) is 54.4 Å². The number of sulfone groups is 1. The fourth-order valence-corrected chi connectivity index (χ4v) is 5.29. The Labute approximate surface area is 104 Å². The summed E-state index contributed by atoms with van der Waals surface area (Å²) in [7, 11) is -3.17. The van der Waals surface area contributed by atoms with E-state index in [4.69, 9.17) is 11.6 Å². The predicted octanol–water partition coefficient (Wildman–Crippen LogP) is 2.40. The average molecular weight is 281 g/mol. The van der Waals surface area contributed by atoms with Gasteiger partial charge in [-0.2, -0.15) is 0 Å². The van der Waals surface area contributed by atoms with Crippen LogP contribution in [0, 0.1) is 0 Å². The Balaban J connectivity index is 2.28. The molecule has 0 spiro atoms. The van der Waals surface area contributed by atoms with E-state index in [0.29, 0.717) is 22.7 Å². The van der Waals surface area contributed by atoms with Crippen molar-refractivity contribution < 1.29 is 13.5 Å². The van der Waals surface area contributed by atoms with Gasteiger partial charge in [0, 0.05) is 0 Å². The quantitative estimate of drug-likeness (QED) is 0.905. The molecule has 3 nitrogen and oxygen atoms in total. The summed E-state index contributed by atoms with van der Waals surface area (Å²) in [5.74, 6) is 0.178. The minimum absolute atomic E-state index is 0.178. The summed E-state index contributed by atoms with van der Waals surface area (Å²) in [4.78, 5) is 0.567. The Hall–Kier alpha value is -0.100. The first-order valence-corrected chi connectivity index (χ1v) is 8.12. The molecule has 1 aliphatic heterocycles. The smallest absolute Gasteiger partial charge is 0.156 e. The van der Waals surface area contributed by atoms with Crippen LogP contribution in [0.5, 0.6) is 0 Å². The van der Waals surface area contributed by atoms with Crippen molar-refractivity contribution in [1.29, 1.82) is 0 Å². The molecule has 6 heteroatoms. The normalized spacial score (nSPS) is 26.5. The lowest BCUT2D eigenvalue weighted by Gasteiger charge is -2.26. The molecule has 1 fully saturated rings. The van der Waals surface area contributed by atoms with Gasteiger partial charge in [0.05, 0.1) is 20.9 Å². The van der Waals surface area contributed by atoms with E-state index < -0.39 is 21.2 Å². The molecule has 1 aromatic rings. The second-order valence-electron chi connectivity index (χ2n) is 3.98. The van der Waals surface area contributed by atoms with Crippen LogP contribution in [-0.2, 0) is 9.84 Å². The molecule has 2 atom stereocenters. The minimum Gasteiger partial charge on any atom is -0.386 e. The summed E-state index contributed by atoms with van der Waals surface area (Å²) < 4.78 is 23.7. The molecule has 0 aromatic carbocycles. The molecule has 0 aliphatic carbocycles. The van der Waals surface area contributed by atoms with Gasteiger partial charge in [-0.1, -0.05) is 18.0 Å². The second kappa shape index (κ2) is 4.64. The highest BCUT2D eigenvalue weighted by Crippen LogP contribution is 2.36. The number of thiophene rings is 1. The minimum atomic E-state index is -3.17. The summed E-state index contributed by atoms with van der Waals surface area (Å²) in [6.45, 7) is 0. The highest BCUT2D eigenvalue weighted by Gasteiger charge is 2.36. The summed E-state index contributed by atoms with van der Waals surface area (Å²) in [6, 6.07) is 1.68. The molecule has 1 saturated heterocycles. The van der Waals surface area contributed by atoms with E-state index in [9.17, 15) is 13.5 Å². The lowest BCUT2D eigenvalue weighted by molar-refractivity contribution is 0.168. The largest absolute Gasteiger partial charge is 0.386 e. The molecule has 2 heterocycles. The summed E-state index contributed by atoms with van der Waals surface area (Å²) in [5, 5.41) is 11.6. The number of aliphatic hydroxyl groups excluding tert-OH is 1. The van der Waals surface area contributed by atoms with Crippen molar-refractivity contribution in [2.45, 2.75) is 30.6 Å². The molecule has 1 aliphatic rings. The third-order valence-corrected chi connectivity index (χ3v) is 6.60. The van der Waals surface area contributed by atoms with Crippen molar-refractivity contribution in [1.82, 2.24) is 0 Å². The van der Waals surface area contributed by atoms with Crippen molar-refractivity contribution >= 4 is 32.8 Å². The van der Waals surface area contributed by atoms with Crippen molar-refractivity contribution in [2.75, 3.05) is 5.75 Å². The Morgan fingerprint density at radius 3 is 2.81 bits per heavy atom. The first kappa shape index (κ1) is 12.4. The van der Waals surface area contributed by atoms with Gasteiger partial charge in [-0.05, 0) is 24.3 Å². The second-order valence-corrected chi connectivity index (χ2v) is 7.67. The van der Waals surface area contributed by atoms with E-state index in [1.54, 1.807) is 11.4 Å². The maximum Gasteiger partial charge on any atom is 0.156 e. The number of aliphatic hydroxyl groups is 1. The van der Waals surface area contributed by atoms with Crippen molar-refractivity contribution in [3.05, 3.63) is 21.3 Å². The molecule has 2 rings (SSSR count). The van der Waals surface area contributed by atoms with Crippen LogP contribution < -0.4 is 0 Å². The summed E-state index contributed by atoms with van der Waals surface area (Å²) in [5.41, 5.74) is 0. The molecule has 1 aromatic heterocycles. The van der Waals surface area contributed by atoms with Crippen LogP contribution in [0.25, 0.3) is 0 Å². The predicted molar refractivity (Wildman–Crippen MR) is 65.7 cm³/mol. The van der Waals surface area contributed by atoms with E-state index in [1.165, 1.54) is 11.3 Å². The standard InChI is InChI=1S/C10H13ClO3S2/c11-7-4-5-15-10(7)9(12)8-3-1-2-6-16(8,13)14/h4-5,8-9,12H,1-3,6H2. The molecule has 90 valence electrons. The lowest BCUT2D eigenvalue weighted by Crippen LogP contribution is -2.33. The highest BCUT2D eigenvalue weighted by molar-refractivity contribution is 7.92. The maximum absolute atomic E-state index is 11.8. The van der Waals surface area contributed by atoms with Gasteiger partial charge in [-0.3, -0.25) is 0 Å². The average Bonchev–Trinajstić information content (AvgIpc) is 2.63. The van der Waals surface area contributed by atoms with Gasteiger partial charge in [0.25, 0.3) is 0 Å². The first-order valence-electron chi connectivity index (χ1n) is 5.15. The van der Waals surface area contributed by atoms with Gasteiger partial charge >= 0.3 is 0 Å².